The molecule has 0 saturated heterocycles. The summed E-state index contributed by atoms with van der Waals surface area (Å²) in [5.74, 6) is 0.109. The summed E-state index contributed by atoms with van der Waals surface area (Å²) in [5, 5.41) is 11.1. The summed E-state index contributed by atoms with van der Waals surface area (Å²) in [6.07, 6.45) is 0. The predicted molar refractivity (Wildman–Crippen MR) is 57.3 cm³/mol. The van der Waals surface area contributed by atoms with Gasteiger partial charge in [0.15, 0.2) is 0 Å². The van der Waals surface area contributed by atoms with Gasteiger partial charge >= 0.3 is 0 Å². The zero-order valence-electron chi connectivity index (χ0n) is 7.26. The van der Waals surface area contributed by atoms with E-state index in [-0.39, 0.29) is 12.4 Å². The molecule has 1 aromatic heterocycles. The van der Waals surface area contributed by atoms with Gasteiger partial charge in [-0.25, -0.2) is 4.39 Å². The maximum atomic E-state index is 13.3. The van der Waals surface area contributed by atoms with Crippen molar-refractivity contribution < 1.29 is 9.50 Å². The van der Waals surface area contributed by atoms with Crippen LogP contribution in [0.2, 0.25) is 0 Å². The Morgan fingerprint density at radius 3 is 2.86 bits per heavy atom. The Morgan fingerprint density at radius 1 is 1.43 bits per heavy atom. The molecule has 1 heterocycles. The lowest BCUT2D eigenvalue weighted by Crippen LogP contribution is -1.88. The summed E-state index contributed by atoms with van der Waals surface area (Å²) in [6, 6.07) is 3.60. The summed E-state index contributed by atoms with van der Waals surface area (Å²) in [5.41, 5.74) is 1.52. The number of hydrogen-bond acceptors (Lipinski definition) is 2. The van der Waals surface area contributed by atoms with Gasteiger partial charge in [0.1, 0.15) is 5.82 Å². The zero-order valence-corrected chi connectivity index (χ0v) is 8.83. The number of rotatable bonds is 2. The van der Waals surface area contributed by atoms with E-state index in [0.29, 0.717) is 16.8 Å². The van der Waals surface area contributed by atoms with Crippen LogP contribution in [0, 0.1) is 5.82 Å². The molecule has 0 aliphatic rings. The normalized spacial score (nSPS) is 11.1. The fraction of sp³-hybridized carbons (Fsp3) is 0.200. The average Bonchev–Trinajstić information content (AvgIpc) is 2.59. The molecule has 4 heteroatoms. The first-order chi connectivity index (χ1) is 6.76. The van der Waals surface area contributed by atoms with Crippen LogP contribution >= 0.6 is 22.9 Å². The molecule has 0 radical (unpaired) electrons. The number of benzene rings is 1. The summed E-state index contributed by atoms with van der Waals surface area (Å²) in [7, 11) is 0. The van der Waals surface area contributed by atoms with E-state index in [1.165, 1.54) is 16.7 Å². The Bertz CT molecular complexity index is 466. The Morgan fingerprint density at radius 2 is 2.21 bits per heavy atom. The molecule has 0 amide bonds. The van der Waals surface area contributed by atoms with E-state index in [4.69, 9.17) is 16.7 Å². The van der Waals surface area contributed by atoms with Crippen LogP contribution in [-0.4, -0.2) is 5.11 Å². The van der Waals surface area contributed by atoms with E-state index in [9.17, 15) is 4.39 Å². The molecule has 2 rings (SSSR count). The largest absolute Gasteiger partial charge is 0.392 e. The van der Waals surface area contributed by atoms with E-state index < -0.39 is 0 Å². The lowest BCUT2D eigenvalue weighted by atomic mass is 10.1. The van der Waals surface area contributed by atoms with E-state index >= 15 is 0 Å². The van der Waals surface area contributed by atoms with E-state index in [2.05, 4.69) is 0 Å². The van der Waals surface area contributed by atoms with Gasteiger partial charge in [-0.2, -0.15) is 0 Å². The molecule has 0 aliphatic carbocycles. The summed E-state index contributed by atoms with van der Waals surface area (Å²) >= 11 is 7.02. The highest BCUT2D eigenvalue weighted by Gasteiger charge is 2.09. The minimum Gasteiger partial charge on any atom is -0.392 e. The molecule has 1 aromatic carbocycles. The van der Waals surface area contributed by atoms with Crippen molar-refractivity contribution in [1.29, 1.82) is 0 Å². The van der Waals surface area contributed by atoms with Gasteiger partial charge in [0.25, 0.3) is 0 Å². The van der Waals surface area contributed by atoms with Gasteiger partial charge in [0.2, 0.25) is 0 Å². The van der Waals surface area contributed by atoms with Crippen molar-refractivity contribution in [2.24, 2.45) is 0 Å². The molecule has 0 aliphatic heterocycles. The maximum absolute atomic E-state index is 13.3. The second kappa shape index (κ2) is 3.85. The second-order valence-corrected chi connectivity index (χ2v) is 4.18. The third-order valence-electron chi connectivity index (χ3n) is 2.10. The average molecular weight is 231 g/mol. The lowest BCUT2D eigenvalue weighted by Gasteiger charge is -2.02. The van der Waals surface area contributed by atoms with Crippen molar-refractivity contribution in [2.75, 3.05) is 0 Å². The monoisotopic (exact) mass is 230 g/mol. The second-order valence-electron chi connectivity index (χ2n) is 3.00. The zero-order chi connectivity index (χ0) is 10.1. The van der Waals surface area contributed by atoms with Gasteiger partial charge in [-0.05, 0) is 17.2 Å². The van der Waals surface area contributed by atoms with Gasteiger partial charge < -0.3 is 5.11 Å². The standard InChI is InChI=1S/C10H8ClFOS/c11-3-6-1-7(4-13)10-8(12)5-14-9(10)2-6/h1-2,5,13H,3-4H2. The smallest absolute Gasteiger partial charge is 0.142 e. The van der Waals surface area contributed by atoms with E-state index in [1.54, 1.807) is 6.07 Å². The van der Waals surface area contributed by atoms with Crippen molar-refractivity contribution in [2.45, 2.75) is 12.5 Å². The Kier molecular flexibility index (Phi) is 2.72. The third-order valence-corrected chi connectivity index (χ3v) is 3.31. The highest BCUT2D eigenvalue weighted by molar-refractivity contribution is 7.17. The summed E-state index contributed by atoms with van der Waals surface area (Å²) in [4.78, 5) is 0. The molecule has 1 N–H and O–H groups in total. The molecule has 0 spiro atoms. The van der Waals surface area contributed by atoms with E-state index in [0.717, 1.165) is 10.3 Å². The number of thiophene rings is 1. The van der Waals surface area contributed by atoms with Crippen LogP contribution in [0.4, 0.5) is 4.39 Å². The predicted octanol–water partition coefficient (Wildman–Crippen LogP) is 3.27. The van der Waals surface area contributed by atoms with Gasteiger partial charge in [-0.15, -0.1) is 22.9 Å². The maximum Gasteiger partial charge on any atom is 0.142 e. The van der Waals surface area contributed by atoms with Crippen LogP contribution in [0.15, 0.2) is 17.5 Å². The highest BCUT2D eigenvalue weighted by atomic mass is 35.5. The van der Waals surface area contributed by atoms with Crippen LogP contribution in [0.5, 0.6) is 0 Å². The van der Waals surface area contributed by atoms with Crippen molar-refractivity contribution >= 4 is 33.0 Å². The topological polar surface area (TPSA) is 20.2 Å². The molecular weight excluding hydrogens is 223 g/mol. The first kappa shape index (κ1) is 9.90. The van der Waals surface area contributed by atoms with Gasteiger partial charge in [0, 0.05) is 21.3 Å². The van der Waals surface area contributed by atoms with Crippen LogP contribution < -0.4 is 0 Å². The fourth-order valence-electron chi connectivity index (χ4n) is 1.48. The minimum absolute atomic E-state index is 0.158. The first-order valence-corrected chi connectivity index (χ1v) is 5.53. The van der Waals surface area contributed by atoms with Crippen LogP contribution in [-0.2, 0) is 12.5 Å². The molecule has 1 nitrogen and oxygen atoms in total. The molecule has 0 fully saturated rings. The number of hydrogen-bond donors (Lipinski definition) is 1. The molecule has 0 unspecified atom stereocenters. The SMILES string of the molecule is OCc1cc(CCl)cc2scc(F)c12. The van der Waals surface area contributed by atoms with Crippen LogP contribution in [0.1, 0.15) is 11.1 Å². The number of alkyl halides is 1. The lowest BCUT2D eigenvalue weighted by molar-refractivity contribution is 0.283. The van der Waals surface area contributed by atoms with E-state index in [1.807, 2.05) is 6.07 Å². The Labute approximate surface area is 89.7 Å². The van der Waals surface area contributed by atoms with Gasteiger partial charge in [-0.1, -0.05) is 6.07 Å². The van der Waals surface area contributed by atoms with Crippen LogP contribution in [0.25, 0.3) is 10.1 Å². The number of fused-ring (bicyclic) bond motifs is 1. The third kappa shape index (κ3) is 1.52. The van der Waals surface area contributed by atoms with Crippen molar-refractivity contribution in [3.05, 3.63) is 34.5 Å². The fourth-order valence-corrected chi connectivity index (χ4v) is 2.54. The number of halogens is 2. The molecule has 14 heavy (non-hydrogen) atoms. The Hall–Kier alpha value is -0.640. The highest BCUT2D eigenvalue weighted by Crippen LogP contribution is 2.30. The minimum atomic E-state index is -0.268. The van der Waals surface area contributed by atoms with Crippen molar-refractivity contribution in [1.82, 2.24) is 0 Å². The van der Waals surface area contributed by atoms with Crippen LogP contribution in [0.3, 0.4) is 0 Å². The first-order valence-electron chi connectivity index (χ1n) is 4.11. The molecule has 0 bridgehead atoms. The van der Waals surface area contributed by atoms with Crippen molar-refractivity contribution in [3.8, 4) is 0 Å². The quantitative estimate of drug-likeness (QED) is 0.786. The molecule has 74 valence electrons. The van der Waals surface area contributed by atoms with Gasteiger partial charge in [-0.3, -0.25) is 0 Å². The van der Waals surface area contributed by atoms with Gasteiger partial charge in [0.05, 0.1) is 6.61 Å². The molecule has 0 saturated carbocycles. The Balaban J connectivity index is 2.76. The summed E-state index contributed by atoms with van der Waals surface area (Å²) in [6.45, 7) is -0.158. The number of aliphatic hydroxyl groups is 1. The molecular formula is C10H8ClFOS. The molecule has 2 aromatic rings. The molecule has 0 atom stereocenters. The van der Waals surface area contributed by atoms with Crippen molar-refractivity contribution in [3.63, 3.8) is 0 Å². The number of aliphatic hydroxyl groups excluding tert-OH is 1. The summed E-state index contributed by atoms with van der Waals surface area (Å²) < 4.78 is 14.1.